The van der Waals surface area contributed by atoms with Crippen LogP contribution in [-0.2, 0) is 14.3 Å². The second-order valence-electron chi connectivity index (χ2n) is 2.09. The standard InChI is InChI=1S/C7H10O5S/c1-4(8)6(7(11)12-2)13-3-5(9)10/h8H,3H2,1-2H3,(H,9,10)/b6-4-. The van der Waals surface area contributed by atoms with E-state index in [1.165, 1.54) is 6.92 Å². The molecular formula is C7H10O5S. The van der Waals surface area contributed by atoms with Crippen molar-refractivity contribution >= 4 is 23.7 Å². The molecule has 0 saturated heterocycles. The fourth-order valence-electron chi connectivity index (χ4n) is 0.538. The molecule has 0 aliphatic heterocycles. The van der Waals surface area contributed by atoms with E-state index in [0.29, 0.717) is 0 Å². The van der Waals surface area contributed by atoms with Crippen LogP contribution in [0.5, 0.6) is 0 Å². The first-order chi connectivity index (χ1) is 5.99. The number of hydrogen-bond donors (Lipinski definition) is 2. The molecule has 0 bridgehead atoms. The molecule has 0 unspecified atom stereocenters. The fraction of sp³-hybridized carbons (Fsp3) is 0.429. The molecule has 0 atom stereocenters. The van der Waals surface area contributed by atoms with Crippen molar-refractivity contribution in [2.24, 2.45) is 0 Å². The Morgan fingerprint density at radius 3 is 2.23 bits per heavy atom. The van der Waals surface area contributed by atoms with Gasteiger partial charge in [0.1, 0.15) is 10.7 Å². The molecular weight excluding hydrogens is 196 g/mol. The molecule has 2 N–H and O–H groups in total. The number of allylic oxidation sites excluding steroid dienone is 1. The van der Waals surface area contributed by atoms with Gasteiger partial charge >= 0.3 is 11.9 Å². The lowest BCUT2D eigenvalue weighted by Crippen LogP contribution is -2.07. The van der Waals surface area contributed by atoms with E-state index in [1.807, 2.05) is 0 Å². The van der Waals surface area contributed by atoms with Gasteiger partial charge in [-0.2, -0.15) is 0 Å². The van der Waals surface area contributed by atoms with Crippen LogP contribution in [0.4, 0.5) is 0 Å². The van der Waals surface area contributed by atoms with Crippen molar-refractivity contribution in [1.29, 1.82) is 0 Å². The van der Waals surface area contributed by atoms with Crippen molar-refractivity contribution < 1.29 is 24.5 Å². The molecule has 0 aromatic carbocycles. The quantitative estimate of drug-likeness (QED) is 0.401. The Balaban J connectivity index is 4.39. The van der Waals surface area contributed by atoms with Crippen LogP contribution in [0.3, 0.4) is 0 Å². The van der Waals surface area contributed by atoms with Gasteiger partial charge in [-0.05, 0) is 6.92 Å². The molecule has 0 amide bonds. The highest BCUT2D eigenvalue weighted by Gasteiger charge is 2.15. The zero-order chi connectivity index (χ0) is 10.4. The van der Waals surface area contributed by atoms with Crippen molar-refractivity contribution in [2.75, 3.05) is 12.9 Å². The number of aliphatic hydroxyl groups excluding tert-OH is 1. The van der Waals surface area contributed by atoms with Gasteiger partial charge in [-0.1, -0.05) is 0 Å². The molecule has 0 aliphatic rings. The Bertz CT molecular complexity index is 241. The zero-order valence-electron chi connectivity index (χ0n) is 7.23. The molecule has 0 aromatic heterocycles. The second-order valence-corrected chi connectivity index (χ2v) is 3.07. The smallest absolute Gasteiger partial charge is 0.347 e. The minimum Gasteiger partial charge on any atom is -0.511 e. The molecule has 6 heteroatoms. The Hall–Kier alpha value is -1.17. The third kappa shape index (κ3) is 4.41. The summed E-state index contributed by atoms with van der Waals surface area (Å²) in [4.78, 5) is 21.0. The Labute approximate surface area is 79.4 Å². The number of carboxylic acids is 1. The number of thioether (sulfide) groups is 1. The number of ether oxygens (including phenoxy) is 1. The topological polar surface area (TPSA) is 83.8 Å². The van der Waals surface area contributed by atoms with E-state index >= 15 is 0 Å². The van der Waals surface area contributed by atoms with Crippen LogP contribution in [0.25, 0.3) is 0 Å². The number of aliphatic hydroxyl groups is 1. The summed E-state index contributed by atoms with van der Waals surface area (Å²) in [5.74, 6) is -2.32. The molecule has 0 aliphatic carbocycles. The normalized spacial score (nSPS) is 11.8. The SMILES string of the molecule is COC(=O)/C(SCC(=O)O)=C(\C)O. The summed E-state index contributed by atoms with van der Waals surface area (Å²) in [7, 11) is 1.16. The molecule has 0 aromatic rings. The first kappa shape index (κ1) is 11.8. The number of aliphatic carboxylic acids is 1. The van der Waals surface area contributed by atoms with E-state index < -0.39 is 11.9 Å². The van der Waals surface area contributed by atoms with Crippen molar-refractivity contribution in [3.05, 3.63) is 10.7 Å². The molecule has 0 heterocycles. The van der Waals surface area contributed by atoms with Crippen molar-refractivity contribution in [1.82, 2.24) is 0 Å². The maximum Gasteiger partial charge on any atom is 0.347 e. The lowest BCUT2D eigenvalue weighted by Gasteiger charge is -2.03. The van der Waals surface area contributed by atoms with Gasteiger partial charge in [-0.3, -0.25) is 4.79 Å². The number of carboxylic acid groups (broad SMARTS) is 1. The van der Waals surface area contributed by atoms with E-state index in [1.54, 1.807) is 0 Å². The van der Waals surface area contributed by atoms with Crippen LogP contribution >= 0.6 is 11.8 Å². The highest BCUT2D eigenvalue weighted by molar-refractivity contribution is 8.04. The molecule has 13 heavy (non-hydrogen) atoms. The van der Waals surface area contributed by atoms with Crippen LogP contribution in [0.2, 0.25) is 0 Å². The van der Waals surface area contributed by atoms with Gasteiger partial charge in [0.2, 0.25) is 0 Å². The van der Waals surface area contributed by atoms with E-state index in [9.17, 15) is 9.59 Å². The second kappa shape index (κ2) is 5.47. The van der Waals surface area contributed by atoms with Gasteiger partial charge in [0.25, 0.3) is 0 Å². The van der Waals surface area contributed by atoms with Gasteiger partial charge < -0.3 is 14.9 Å². The predicted octanol–water partition coefficient (Wildman–Crippen LogP) is 0.767. The van der Waals surface area contributed by atoms with Gasteiger partial charge in [-0.15, -0.1) is 11.8 Å². The summed E-state index contributed by atoms with van der Waals surface area (Å²) in [5.41, 5.74) is 0. The number of hydrogen-bond acceptors (Lipinski definition) is 5. The molecule has 0 spiro atoms. The third-order valence-corrected chi connectivity index (χ3v) is 2.18. The summed E-state index contributed by atoms with van der Waals surface area (Å²) in [5, 5.41) is 17.3. The van der Waals surface area contributed by atoms with Crippen LogP contribution in [0.15, 0.2) is 10.7 Å². The van der Waals surface area contributed by atoms with Crippen LogP contribution in [0.1, 0.15) is 6.92 Å². The Morgan fingerprint density at radius 2 is 1.92 bits per heavy atom. The molecule has 0 rings (SSSR count). The first-order valence-electron chi connectivity index (χ1n) is 3.31. The summed E-state index contributed by atoms with van der Waals surface area (Å²) in [6, 6.07) is 0. The highest BCUT2D eigenvalue weighted by Crippen LogP contribution is 2.19. The summed E-state index contributed by atoms with van der Waals surface area (Å²) >= 11 is 0.726. The lowest BCUT2D eigenvalue weighted by atomic mass is 10.5. The average molecular weight is 206 g/mol. The van der Waals surface area contributed by atoms with Gasteiger partial charge in [0.05, 0.1) is 12.9 Å². The fourth-order valence-corrected chi connectivity index (χ4v) is 1.22. The Morgan fingerprint density at radius 1 is 1.38 bits per heavy atom. The van der Waals surface area contributed by atoms with Gasteiger partial charge in [-0.25, -0.2) is 4.79 Å². The largest absolute Gasteiger partial charge is 0.511 e. The average Bonchev–Trinajstić information content (AvgIpc) is 2.03. The number of esters is 1. The molecule has 0 saturated carbocycles. The van der Waals surface area contributed by atoms with E-state index in [2.05, 4.69) is 4.74 Å². The first-order valence-corrected chi connectivity index (χ1v) is 4.30. The van der Waals surface area contributed by atoms with Crippen LogP contribution in [0, 0.1) is 0 Å². The Kier molecular flexibility index (Phi) is 4.98. The molecule has 5 nitrogen and oxygen atoms in total. The zero-order valence-corrected chi connectivity index (χ0v) is 8.05. The van der Waals surface area contributed by atoms with Crippen molar-refractivity contribution in [2.45, 2.75) is 6.92 Å². The van der Waals surface area contributed by atoms with E-state index in [0.717, 1.165) is 18.9 Å². The van der Waals surface area contributed by atoms with Crippen molar-refractivity contribution in [3.63, 3.8) is 0 Å². The summed E-state index contributed by atoms with van der Waals surface area (Å²) < 4.78 is 4.34. The summed E-state index contributed by atoms with van der Waals surface area (Å²) in [6.07, 6.45) is 0. The maximum absolute atomic E-state index is 10.9. The number of rotatable bonds is 4. The van der Waals surface area contributed by atoms with Crippen LogP contribution < -0.4 is 0 Å². The monoisotopic (exact) mass is 206 g/mol. The lowest BCUT2D eigenvalue weighted by molar-refractivity contribution is -0.135. The number of carbonyl (C=O) groups excluding carboxylic acids is 1. The molecule has 0 radical (unpaired) electrons. The maximum atomic E-state index is 10.9. The van der Waals surface area contributed by atoms with E-state index in [4.69, 9.17) is 10.2 Å². The number of methoxy groups -OCH3 is 1. The van der Waals surface area contributed by atoms with Gasteiger partial charge in [0.15, 0.2) is 0 Å². The molecule has 74 valence electrons. The minimum atomic E-state index is -1.06. The van der Waals surface area contributed by atoms with Crippen LogP contribution in [-0.4, -0.2) is 35.0 Å². The van der Waals surface area contributed by atoms with E-state index in [-0.39, 0.29) is 16.4 Å². The van der Waals surface area contributed by atoms with Gasteiger partial charge in [0, 0.05) is 0 Å². The third-order valence-electron chi connectivity index (χ3n) is 1.04. The minimum absolute atomic E-state index is 0.0788. The van der Waals surface area contributed by atoms with Crippen molar-refractivity contribution in [3.8, 4) is 0 Å². The molecule has 0 fully saturated rings. The summed E-state index contributed by atoms with van der Waals surface area (Å²) in [6.45, 7) is 1.29. The predicted molar refractivity (Wildman–Crippen MR) is 47.4 cm³/mol. The number of carbonyl (C=O) groups is 2. The highest BCUT2D eigenvalue weighted by atomic mass is 32.2.